The lowest BCUT2D eigenvalue weighted by molar-refractivity contribution is -0.139. The highest BCUT2D eigenvalue weighted by Crippen LogP contribution is 2.35. The van der Waals surface area contributed by atoms with Crippen LogP contribution < -0.4 is 10.7 Å². The Kier molecular flexibility index (Phi) is 18.2. The molecule has 0 bridgehead atoms. The summed E-state index contributed by atoms with van der Waals surface area (Å²) >= 11 is 0. The van der Waals surface area contributed by atoms with Crippen molar-refractivity contribution in [3.63, 3.8) is 0 Å². The van der Waals surface area contributed by atoms with Crippen molar-refractivity contribution in [1.82, 2.24) is 20.7 Å². The zero-order valence-electron chi connectivity index (χ0n) is 30.4. The summed E-state index contributed by atoms with van der Waals surface area (Å²) < 4.78 is 0. The first-order chi connectivity index (χ1) is 22.8. The Balaban J connectivity index is 1.73. The van der Waals surface area contributed by atoms with Gasteiger partial charge in [-0.15, -0.1) is 11.8 Å². The first-order valence-electron chi connectivity index (χ1n) is 19.5. The fraction of sp³-hybridized carbons (Fsp3) is 0.872. The lowest BCUT2D eigenvalue weighted by Gasteiger charge is -2.37. The van der Waals surface area contributed by atoms with E-state index in [1.54, 1.807) is 0 Å². The Labute approximate surface area is 286 Å². The molecule has 0 saturated heterocycles. The van der Waals surface area contributed by atoms with Crippen molar-refractivity contribution in [2.24, 2.45) is 29.6 Å². The topological polar surface area (TPSA) is 102 Å². The van der Waals surface area contributed by atoms with E-state index in [1.165, 1.54) is 38.5 Å². The van der Waals surface area contributed by atoms with Crippen molar-refractivity contribution < 1.29 is 19.5 Å². The molecule has 3 saturated carbocycles. The lowest BCUT2D eigenvalue weighted by atomic mass is 9.74. The molecule has 0 aromatic heterocycles. The number of hydrazine groups is 1. The smallest absolute Gasteiger partial charge is 0.234 e. The molecule has 3 amide bonds. The molecular weight excluding hydrogens is 588 g/mol. The summed E-state index contributed by atoms with van der Waals surface area (Å²) in [5, 5.41) is 17.0. The molecule has 3 aliphatic rings. The molecule has 5 atom stereocenters. The van der Waals surface area contributed by atoms with Gasteiger partial charge in [0.05, 0.1) is 12.1 Å². The average Bonchev–Trinajstić information content (AvgIpc) is 3.07. The molecular formula is C39H68N4O4. The third kappa shape index (κ3) is 13.7. The highest BCUT2D eigenvalue weighted by atomic mass is 16.3. The minimum Gasteiger partial charge on any atom is -0.390 e. The summed E-state index contributed by atoms with van der Waals surface area (Å²) in [7, 11) is 0. The van der Waals surface area contributed by atoms with Crippen LogP contribution in [0.5, 0.6) is 0 Å². The zero-order chi connectivity index (χ0) is 34.0. The van der Waals surface area contributed by atoms with Gasteiger partial charge in [0.1, 0.15) is 0 Å². The van der Waals surface area contributed by atoms with Gasteiger partial charge in [0, 0.05) is 50.4 Å². The summed E-state index contributed by atoms with van der Waals surface area (Å²) in [5.41, 5.74) is 3.14. The van der Waals surface area contributed by atoms with E-state index in [9.17, 15) is 19.5 Å². The molecule has 3 N–H and O–H groups in total. The van der Waals surface area contributed by atoms with Gasteiger partial charge < -0.3 is 15.3 Å². The number of carbonyl (C=O) groups excluding carboxylic acids is 3. The Morgan fingerprint density at radius 2 is 1.43 bits per heavy atom. The SMILES string of the molecule is CC#CC1CC(C(=O)NC(CC2CCCCC2)C(O)CN(CCCC)NC(=O)CC2CCCCC2)CC(C(=O)N(CCC)CCC)C1. The molecule has 0 heterocycles. The second-order valence-corrected chi connectivity index (χ2v) is 15.0. The number of hydrogen-bond acceptors (Lipinski definition) is 5. The van der Waals surface area contributed by atoms with Crippen molar-refractivity contribution in [2.75, 3.05) is 26.2 Å². The summed E-state index contributed by atoms with van der Waals surface area (Å²) in [6.45, 7) is 10.6. The van der Waals surface area contributed by atoms with E-state index in [2.05, 4.69) is 43.4 Å². The van der Waals surface area contributed by atoms with Crippen molar-refractivity contribution in [2.45, 2.75) is 162 Å². The van der Waals surface area contributed by atoms with E-state index in [0.717, 1.165) is 70.9 Å². The van der Waals surface area contributed by atoms with Crippen LogP contribution in [0, 0.1) is 41.4 Å². The zero-order valence-corrected chi connectivity index (χ0v) is 30.4. The molecule has 5 unspecified atom stereocenters. The number of aliphatic hydroxyl groups excluding tert-OH is 1. The second-order valence-electron chi connectivity index (χ2n) is 15.0. The molecule has 8 nitrogen and oxygen atoms in total. The van der Waals surface area contributed by atoms with Gasteiger partial charge in [-0.2, -0.15) is 0 Å². The Morgan fingerprint density at radius 3 is 2.02 bits per heavy atom. The van der Waals surface area contributed by atoms with Gasteiger partial charge in [0.25, 0.3) is 0 Å². The maximum Gasteiger partial charge on any atom is 0.234 e. The fourth-order valence-electron chi connectivity index (χ4n) is 8.35. The van der Waals surface area contributed by atoms with Crippen LogP contribution in [-0.4, -0.2) is 71.1 Å². The number of nitrogens with zero attached hydrogens (tertiary/aromatic N) is 2. The summed E-state index contributed by atoms with van der Waals surface area (Å²) in [5.74, 6) is 6.85. The van der Waals surface area contributed by atoms with Crippen LogP contribution in [0.3, 0.4) is 0 Å². The Morgan fingerprint density at radius 1 is 0.809 bits per heavy atom. The number of nitrogens with one attached hydrogen (secondary N) is 2. The quantitative estimate of drug-likeness (QED) is 0.114. The van der Waals surface area contributed by atoms with Crippen LogP contribution in [0.1, 0.15) is 150 Å². The molecule has 0 aliphatic heterocycles. The maximum absolute atomic E-state index is 14.1. The summed E-state index contributed by atoms with van der Waals surface area (Å²) in [6, 6.07) is -0.409. The standard InChI is InChI=1S/C39H68N4O4/c1-5-9-23-43(41-37(45)27-31-19-14-11-15-20-31)29-36(44)35(26-30-17-12-10-13-18-30)40-38(46)33-24-32(16-6-2)25-34(28-33)39(47)42(21-7-3)22-8-4/h30-36,44H,5,7-15,17-29H2,1-4H3,(H,40,46)(H,41,45). The van der Waals surface area contributed by atoms with Gasteiger partial charge in [-0.25, -0.2) is 5.01 Å². The van der Waals surface area contributed by atoms with Crippen molar-refractivity contribution >= 4 is 17.7 Å². The van der Waals surface area contributed by atoms with Gasteiger partial charge in [-0.05, 0) is 76.5 Å². The van der Waals surface area contributed by atoms with E-state index in [1.807, 2.05) is 16.8 Å². The van der Waals surface area contributed by atoms with Crippen LogP contribution in [0.4, 0.5) is 0 Å². The van der Waals surface area contributed by atoms with Gasteiger partial charge in [-0.3, -0.25) is 19.8 Å². The molecule has 0 aromatic rings. The molecule has 3 aliphatic carbocycles. The van der Waals surface area contributed by atoms with E-state index in [4.69, 9.17) is 0 Å². The van der Waals surface area contributed by atoms with E-state index in [0.29, 0.717) is 44.1 Å². The largest absolute Gasteiger partial charge is 0.390 e. The lowest BCUT2D eigenvalue weighted by Crippen LogP contribution is -2.54. The number of aliphatic hydroxyl groups is 1. The number of hydrogen-bond donors (Lipinski definition) is 3. The molecule has 3 fully saturated rings. The van der Waals surface area contributed by atoms with Crippen molar-refractivity contribution in [1.29, 1.82) is 0 Å². The molecule has 0 spiro atoms. The molecule has 0 aromatic carbocycles. The number of amides is 3. The van der Waals surface area contributed by atoms with Crippen LogP contribution in [0.25, 0.3) is 0 Å². The normalized spacial score (nSPS) is 23.7. The Hall–Kier alpha value is -2.11. The minimum atomic E-state index is -0.815. The molecule has 8 heteroatoms. The average molecular weight is 657 g/mol. The van der Waals surface area contributed by atoms with E-state index in [-0.39, 0.29) is 42.0 Å². The summed E-state index contributed by atoms with van der Waals surface area (Å²) in [6.07, 6.45) is 17.9. The third-order valence-electron chi connectivity index (χ3n) is 10.8. The van der Waals surface area contributed by atoms with Crippen molar-refractivity contribution in [3.05, 3.63) is 0 Å². The highest BCUT2D eigenvalue weighted by molar-refractivity contribution is 5.83. The predicted molar refractivity (Wildman–Crippen MR) is 190 cm³/mol. The monoisotopic (exact) mass is 657 g/mol. The van der Waals surface area contributed by atoms with Crippen LogP contribution in [-0.2, 0) is 14.4 Å². The maximum atomic E-state index is 14.1. The number of carbonyl (C=O) groups is 3. The van der Waals surface area contributed by atoms with E-state index < -0.39 is 12.1 Å². The number of rotatable bonds is 18. The Bertz CT molecular complexity index is 991. The van der Waals surface area contributed by atoms with Gasteiger partial charge in [0.15, 0.2) is 0 Å². The van der Waals surface area contributed by atoms with Gasteiger partial charge in [-0.1, -0.05) is 78.6 Å². The van der Waals surface area contributed by atoms with Crippen LogP contribution >= 0.6 is 0 Å². The summed E-state index contributed by atoms with van der Waals surface area (Å²) in [4.78, 5) is 42.8. The molecule has 0 radical (unpaired) electrons. The van der Waals surface area contributed by atoms with Crippen molar-refractivity contribution in [3.8, 4) is 11.8 Å². The second kappa shape index (κ2) is 21.8. The highest BCUT2D eigenvalue weighted by Gasteiger charge is 2.39. The molecule has 3 rings (SSSR count). The van der Waals surface area contributed by atoms with Gasteiger partial charge >= 0.3 is 0 Å². The number of unbranched alkanes of at least 4 members (excludes halogenated alkanes) is 1. The van der Waals surface area contributed by atoms with Crippen LogP contribution in [0.2, 0.25) is 0 Å². The predicted octanol–water partition coefficient (Wildman–Crippen LogP) is 6.61. The first-order valence-corrected chi connectivity index (χ1v) is 19.5. The first kappa shape index (κ1) is 39.3. The molecule has 47 heavy (non-hydrogen) atoms. The minimum absolute atomic E-state index is 0.00850. The fourth-order valence-corrected chi connectivity index (χ4v) is 8.35. The van der Waals surface area contributed by atoms with Crippen LogP contribution in [0.15, 0.2) is 0 Å². The van der Waals surface area contributed by atoms with E-state index >= 15 is 0 Å². The van der Waals surface area contributed by atoms with Gasteiger partial charge in [0.2, 0.25) is 17.7 Å². The third-order valence-corrected chi connectivity index (χ3v) is 10.8. The molecule has 268 valence electrons.